The minimum atomic E-state index is -1.12. The molecule has 0 amide bonds. The average Bonchev–Trinajstić information content (AvgIpc) is 2.87. The minimum absolute atomic E-state index is 0.416. The molecule has 4 heteroatoms. The topological polar surface area (TPSA) is 40.5 Å². The van der Waals surface area contributed by atoms with Crippen molar-refractivity contribution in [2.24, 2.45) is 0 Å². The summed E-state index contributed by atoms with van der Waals surface area (Å²) in [7, 11) is -2.24. The van der Waals surface area contributed by atoms with Gasteiger partial charge in [0.05, 0.1) is 16.1 Å². The second-order valence-electron chi connectivity index (χ2n) is 10.5. The largest absolute Gasteiger partial charge is 0.508 e. The van der Waals surface area contributed by atoms with Crippen LogP contribution in [0, 0.1) is 0 Å². The average molecular weight is 499 g/mol. The summed E-state index contributed by atoms with van der Waals surface area (Å²) in [5.41, 5.74) is 4.39. The number of rotatable bonds is 15. The number of hydrogen-bond donors (Lipinski definition) is 2. The monoisotopic (exact) mass is 498 g/mol. The van der Waals surface area contributed by atoms with E-state index in [9.17, 15) is 10.2 Å². The molecule has 0 aliphatic carbocycles. The SMILES string of the molecule is CC[Si](CC)(CC)CCCc1cc(-c2ccc(O)c(CCC[Si](CC)(CC)CC)c2)ccc1O. The number of aryl methyl sites for hydroxylation is 2. The smallest absolute Gasteiger partial charge is 0.118 e. The van der Waals surface area contributed by atoms with Crippen LogP contribution in [0.15, 0.2) is 36.4 Å². The fourth-order valence-electron chi connectivity index (χ4n) is 5.80. The maximum absolute atomic E-state index is 10.5. The van der Waals surface area contributed by atoms with Gasteiger partial charge in [0, 0.05) is 0 Å². The van der Waals surface area contributed by atoms with E-state index in [1.54, 1.807) is 0 Å². The second kappa shape index (κ2) is 13.5. The zero-order valence-corrected chi connectivity index (χ0v) is 24.8. The third kappa shape index (κ3) is 7.24. The Hall–Kier alpha value is -1.53. The fourth-order valence-corrected chi connectivity index (χ4v) is 12.8. The Kier molecular flexibility index (Phi) is 11.4. The van der Waals surface area contributed by atoms with Gasteiger partial charge >= 0.3 is 0 Å². The molecule has 190 valence electrons. The quantitative estimate of drug-likeness (QED) is 0.240. The van der Waals surface area contributed by atoms with Crippen LogP contribution in [0.25, 0.3) is 11.1 Å². The van der Waals surface area contributed by atoms with Gasteiger partial charge < -0.3 is 10.2 Å². The molecule has 2 nitrogen and oxygen atoms in total. The zero-order chi connectivity index (χ0) is 25.2. The van der Waals surface area contributed by atoms with E-state index < -0.39 is 16.1 Å². The van der Waals surface area contributed by atoms with Crippen LogP contribution < -0.4 is 0 Å². The van der Waals surface area contributed by atoms with Crippen LogP contribution in [0.1, 0.15) is 65.5 Å². The summed E-state index contributed by atoms with van der Waals surface area (Å²) in [5, 5.41) is 21.0. The highest BCUT2D eigenvalue weighted by molar-refractivity contribution is 6.80. The molecule has 2 N–H and O–H groups in total. The van der Waals surface area contributed by atoms with Crippen molar-refractivity contribution in [2.45, 2.75) is 116 Å². The summed E-state index contributed by atoms with van der Waals surface area (Å²) in [6, 6.07) is 22.9. The number of phenols is 2. The molecule has 0 unspecified atom stereocenters. The molecule has 0 radical (unpaired) electrons. The Labute approximate surface area is 211 Å². The first-order valence-electron chi connectivity index (χ1n) is 14.0. The lowest BCUT2D eigenvalue weighted by Crippen LogP contribution is -2.30. The molecule has 0 saturated heterocycles. The molecule has 0 atom stereocenters. The number of hydrogen-bond acceptors (Lipinski definition) is 2. The lowest BCUT2D eigenvalue weighted by molar-refractivity contribution is 0.467. The van der Waals surface area contributed by atoms with Gasteiger partial charge in [-0.25, -0.2) is 0 Å². The molecule has 34 heavy (non-hydrogen) atoms. The Morgan fingerprint density at radius 2 is 0.853 bits per heavy atom. The van der Waals surface area contributed by atoms with Crippen LogP contribution in [0.5, 0.6) is 11.5 Å². The molecule has 0 aliphatic heterocycles. The predicted octanol–water partition coefficient (Wildman–Crippen LogP) is 9.65. The van der Waals surface area contributed by atoms with Gasteiger partial charge in [-0.1, -0.05) is 115 Å². The molecule has 0 saturated carbocycles. The van der Waals surface area contributed by atoms with Gasteiger partial charge in [0.25, 0.3) is 0 Å². The Balaban J connectivity index is 2.14. The van der Waals surface area contributed by atoms with Gasteiger partial charge in [-0.2, -0.15) is 0 Å². The van der Waals surface area contributed by atoms with Crippen molar-refractivity contribution in [3.05, 3.63) is 47.5 Å². The molecule has 0 fully saturated rings. The van der Waals surface area contributed by atoms with Crippen LogP contribution >= 0.6 is 0 Å². The number of aromatic hydroxyl groups is 2. The first kappa shape index (κ1) is 28.7. The molecule has 0 aliphatic rings. The summed E-state index contributed by atoms with van der Waals surface area (Å²) in [6.45, 7) is 14.2. The second-order valence-corrected chi connectivity index (χ2v) is 21.8. The van der Waals surface area contributed by atoms with Gasteiger partial charge in [0.15, 0.2) is 0 Å². The third-order valence-corrected chi connectivity index (χ3v) is 21.1. The van der Waals surface area contributed by atoms with E-state index in [1.807, 2.05) is 24.3 Å². The molecule has 0 heterocycles. The van der Waals surface area contributed by atoms with Crippen LogP contribution in [0.2, 0.25) is 48.4 Å². The van der Waals surface area contributed by atoms with E-state index in [-0.39, 0.29) is 0 Å². The lowest BCUT2D eigenvalue weighted by Gasteiger charge is -2.28. The maximum Gasteiger partial charge on any atom is 0.118 e. The summed E-state index contributed by atoms with van der Waals surface area (Å²) in [5.74, 6) is 0.832. The molecule has 2 aromatic carbocycles. The van der Waals surface area contributed by atoms with E-state index >= 15 is 0 Å². The van der Waals surface area contributed by atoms with E-state index in [1.165, 1.54) is 48.4 Å². The first-order valence-corrected chi connectivity index (χ1v) is 19.6. The third-order valence-electron chi connectivity index (χ3n) is 9.30. The fraction of sp³-hybridized carbons (Fsp3) is 0.600. The highest BCUT2D eigenvalue weighted by Crippen LogP contribution is 2.33. The van der Waals surface area contributed by atoms with Gasteiger partial charge in [-0.3, -0.25) is 0 Å². The van der Waals surface area contributed by atoms with Crippen molar-refractivity contribution in [1.82, 2.24) is 0 Å². The van der Waals surface area contributed by atoms with Gasteiger partial charge in [0.2, 0.25) is 0 Å². The molecule has 2 rings (SSSR count). The predicted molar refractivity (Wildman–Crippen MR) is 156 cm³/mol. The number of benzene rings is 2. The van der Waals surface area contributed by atoms with Crippen LogP contribution in [-0.4, -0.2) is 26.4 Å². The molecular weight excluding hydrogens is 449 g/mol. The van der Waals surface area contributed by atoms with Crippen LogP contribution in [0.4, 0.5) is 0 Å². The van der Waals surface area contributed by atoms with Crippen molar-refractivity contribution in [3.63, 3.8) is 0 Å². The van der Waals surface area contributed by atoms with E-state index in [2.05, 4.69) is 53.7 Å². The zero-order valence-electron chi connectivity index (χ0n) is 22.8. The van der Waals surface area contributed by atoms with Gasteiger partial charge in [-0.05, 0) is 59.4 Å². The van der Waals surface area contributed by atoms with E-state index in [4.69, 9.17) is 0 Å². The van der Waals surface area contributed by atoms with Gasteiger partial charge in [-0.15, -0.1) is 0 Å². The summed E-state index contributed by atoms with van der Waals surface area (Å²) in [6.07, 6.45) is 4.21. The minimum Gasteiger partial charge on any atom is -0.508 e. The first-order chi connectivity index (χ1) is 16.3. The molecule has 0 aromatic heterocycles. The molecular formula is C30H50O2Si2. The standard InChI is InChI=1S/C30H50O2Si2/c1-7-33(8-2,9-3)21-13-15-27-23-25(17-19-29(27)31)26-18-20-30(32)28(24-26)16-14-22-34(10-4,11-5)12-6/h17-20,23-24,31-32H,7-16,21-22H2,1-6H3. The van der Waals surface area contributed by atoms with Crippen molar-refractivity contribution < 1.29 is 10.2 Å². The number of phenolic OH excluding ortho intramolecular Hbond substituents is 2. The highest BCUT2D eigenvalue weighted by atomic mass is 28.3. The Bertz CT molecular complexity index is 795. The lowest BCUT2D eigenvalue weighted by atomic mass is 9.97. The highest BCUT2D eigenvalue weighted by Gasteiger charge is 2.26. The molecule has 0 spiro atoms. The molecule has 0 bridgehead atoms. The van der Waals surface area contributed by atoms with Crippen molar-refractivity contribution in [1.29, 1.82) is 0 Å². The van der Waals surface area contributed by atoms with Crippen LogP contribution in [0.3, 0.4) is 0 Å². The van der Waals surface area contributed by atoms with Crippen LogP contribution in [-0.2, 0) is 12.8 Å². The van der Waals surface area contributed by atoms with Gasteiger partial charge in [0.1, 0.15) is 11.5 Å². The van der Waals surface area contributed by atoms with E-state index in [0.717, 1.165) is 47.9 Å². The Morgan fingerprint density at radius 1 is 0.529 bits per heavy atom. The van der Waals surface area contributed by atoms with E-state index in [0.29, 0.717) is 11.5 Å². The summed E-state index contributed by atoms with van der Waals surface area (Å²) >= 11 is 0. The maximum atomic E-state index is 10.5. The van der Waals surface area contributed by atoms with Crippen molar-refractivity contribution in [2.75, 3.05) is 0 Å². The Morgan fingerprint density at radius 3 is 1.15 bits per heavy atom. The van der Waals surface area contributed by atoms with Crippen molar-refractivity contribution >= 4 is 16.1 Å². The normalized spacial score (nSPS) is 12.3. The summed E-state index contributed by atoms with van der Waals surface area (Å²) < 4.78 is 0. The van der Waals surface area contributed by atoms with Crippen molar-refractivity contribution in [3.8, 4) is 22.6 Å². The molecule has 2 aromatic rings. The summed E-state index contributed by atoms with van der Waals surface area (Å²) in [4.78, 5) is 0.